The Hall–Kier alpha value is -2.34. The van der Waals surface area contributed by atoms with Gasteiger partial charge in [0.05, 0.1) is 21.4 Å². The van der Waals surface area contributed by atoms with Gasteiger partial charge in [0.2, 0.25) is 5.95 Å². The minimum Gasteiger partial charge on any atom is -0.354 e. The average Bonchev–Trinajstić information content (AvgIpc) is 2.69. The summed E-state index contributed by atoms with van der Waals surface area (Å²) in [5.41, 5.74) is 2.45. The van der Waals surface area contributed by atoms with Crippen molar-refractivity contribution in [1.82, 2.24) is 14.9 Å². The van der Waals surface area contributed by atoms with Crippen LogP contribution >= 0.6 is 23.2 Å². The molecule has 1 aromatic heterocycles. The molecule has 0 spiro atoms. The minimum atomic E-state index is 0.535. The van der Waals surface area contributed by atoms with Gasteiger partial charge in [-0.3, -0.25) is 0 Å². The Labute approximate surface area is 175 Å². The Bertz CT molecular complexity index is 896. The Morgan fingerprint density at radius 3 is 2.32 bits per heavy atom. The summed E-state index contributed by atoms with van der Waals surface area (Å²) in [6.45, 7) is 1.77. The molecule has 0 unspecified atom stereocenters. The molecule has 2 N–H and O–H groups in total. The fourth-order valence-electron chi connectivity index (χ4n) is 2.69. The summed E-state index contributed by atoms with van der Waals surface area (Å²) < 4.78 is 0. The monoisotopic (exact) mass is 415 g/mol. The normalized spacial score (nSPS) is 10.9. The smallest absolute Gasteiger partial charge is 0.225 e. The molecule has 2 aromatic carbocycles. The summed E-state index contributed by atoms with van der Waals surface area (Å²) >= 11 is 12.6. The number of nitrogens with one attached hydrogen (secondary N) is 2. The van der Waals surface area contributed by atoms with Gasteiger partial charge in [0, 0.05) is 18.2 Å². The molecule has 0 amide bonds. The first-order chi connectivity index (χ1) is 13.5. The third-order valence-corrected chi connectivity index (χ3v) is 4.71. The van der Waals surface area contributed by atoms with E-state index in [9.17, 15) is 0 Å². The van der Waals surface area contributed by atoms with Crippen LogP contribution in [0, 0.1) is 0 Å². The van der Waals surface area contributed by atoms with Crippen molar-refractivity contribution in [3.8, 4) is 11.3 Å². The highest BCUT2D eigenvalue weighted by Crippen LogP contribution is 2.33. The van der Waals surface area contributed by atoms with Gasteiger partial charge >= 0.3 is 0 Å². The molecule has 3 rings (SSSR count). The average molecular weight is 416 g/mol. The first-order valence-corrected chi connectivity index (χ1v) is 9.82. The van der Waals surface area contributed by atoms with Gasteiger partial charge in [-0.15, -0.1) is 0 Å². The molecule has 0 aliphatic carbocycles. The molecule has 7 heteroatoms. The van der Waals surface area contributed by atoms with Gasteiger partial charge in [0.1, 0.15) is 5.82 Å². The number of hydrogen-bond donors (Lipinski definition) is 2. The van der Waals surface area contributed by atoms with E-state index in [1.807, 2.05) is 42.5 Å². The van der Waals surface area contributed by atoms with Crippen LogP contribution in [0.1, 0.15) is 6.42 Å². The second-order valence-electron chi connectivity index (χ2n) is 6.63. The fraction of sp³-hybridized carbons (Fsp3) is 0.238. The molecule has 146 valence electrons. The van der Waals surface area contributed by atoms with Crippen molar-refractivity contribution < 1.29 is 0 Å². The topological polar surface area (TPSA) is 53.1 Å². The summed E-state index contributed by atoms with van der Waals surface area (Å²) in [5, 5.41) is 7.62. The van der Waals surface area contributed by atoms with Crippen LogP contribution in [0.2, 0.25) is 10.0 Å². The summed E-state index contributed by atoms with van der Waals surface area (Å²) in [4.78, 5) is 11.4. The number of para-hydroxylation sites is 1. The van der Waals surface area contributed by atoms with E-state index in [-0.39, 0.29) is 0 Å². The molecule has 0 saturated carbocycles. The van der Waals surface area contributed by atoms with Gasteiger partial charge in [-0.1, -0.05) is 59.6 Å². The summed E-state index contributed by atoms with van der Waals surface area (Å²) in [7, 11) is 4.11. The van der Waals surface area contributed by atoms with E-state index in [1.54, 1.807) is 12.1 Å². The zero-order valence-corrected chi connectivity index (χ0v) is 17.4. The zero-order chi connectivity index (χ0) is 19.9. The van der Waals surface area contributed by atoms with Crippen LogP contribution in [0.25, 0.3) is 11.3 Å². The number of anilines is 3. The van der Waals surface area contributed by atoms with Crippen LogP contribution in [0.5, 0.6) is 0 Å². The molecule has 0 saturated heterocycles. The Morgan fingerprint density at radius 1 is 0.929 bits per heavy atom. The van der Waals surface area contributed by atoms with E-state index in [0.717, 1.165) is 30.8 Å². The zero-order valence-electron chi connectivity index (χ0n) is 15.9. The number of rotatable bonds is 8. The molecule has 0 aliphatic heterocycles. The highest BCUT2D eigenvalue weighted by molar-refractivity contribution is 6.39. The third kappa shape index (κ3) is 5.58. The van der Waals surface area contributed by atoms with Crippen molar-refractivity contribution in [2.45, 2.75) is 6.42 Å². The van der Waals surface area contributed by atoms with Crippen molar-refractivity contribution in [2.75, 3.05) is 37.8 Å². The minimum absolute atomic E-state index is 0.535. The number of benzene rings is 2. The Balaban J connectivity index is 1.89. The largest absolute Gasteiger partial charge is 0.354 e. The summed E-state index contributed by atoms with van der Waals surface area (Å²) in [5.74, 6) is 1.18. The van der Waals surface area contributed by atoms with Crippen LogP contribution in [0.15, 0.2) is 54.6 Å². The lowest BCUT2D eigenvalue weighted by Crippen LogP contribution is -2.17. The second-order valence-corrected chi connectivity index (χ2v) is 7.45. The third-order valence-electron chi connectivity index (χ3n) is 4.08. The van der Waals surface area contributed by atoms with Gasteiger partial charge in [0.15, 0.2) is 0 Å². The maximum Gasteiger partial charge on any atom is 0.225 e. The van der Waals surface area contributed by atoms with Crippen molar-refractivity contribution in [2.24, 2.45) is 0 Å². The van der Waals surface area contributed by atoms with Crippen molar-refractivity contribution >= 4 is 40.7 Å². The quantitative estimate of drug-likeness (QED) is 0.471. The first-order valence-electron chi connectivity index (χ1n) is 9.07. The SMILES string of the molecule is CN(C)CCCNc1nc(Nc2c(Cl)cccc2Cl)cc(-c2ccccc2)n1. The summed E-state index contributed by atoms with van der Waals surface area (Å²) in [6, 6.07) is 17.3. The fourth-order valence-corrected chi connectivity index (χ4v) is 3.18. The van der Waals surface area contributed by atoms with Crippen LogP contribution in [-0.4, -0.2) is 42.1 Å². The van der Waals surface area contributed by atoms with Crippen LogP contribution in [0.3, 0.4) is 0 Å². The van der Waals surface area contributed by atoms with Gasteiger partial charge in [-0.2, -0.15) is 4.98 Å². The molecule has 0 aliphatic rings. The molecule has 0 bridgehead atoms. The van der Waals surface area contributed by atoms with E-state index >= 15 is 0 Å². The van der Waals surface area contributed by atoms with Gasteiger partial charge in [-0.25, -0.2) is 4.98 Å². The lowest BCUT2D eigenvalue weighted by Gasteiger charge is -2.14. The predicted octanol–water partition coefficient (Wildman–Crippen LogP) is 5.56. The molecule has 0 atom stereocenters. The van der Waals surface area contributed by atoms with E-state index in [4.69, 9.17) is 23.2 Å². The summed E-state index contributed by atoms with van der Waals surface area (Å²) in [6.07, 6.45) is 0.991. The predicted molar refractivity (Wildman–Crippen MR) is 119 cm³/mol. The molecular formula is C21H23Cl2N5. The lowest BCUT2D eigenvalue weighted by molar-refractivity contribution is 0.405. The van der Waals surface area contributed by atoms with Crippen LogP contribution in [-0.2, 0) is 0 Å². The Kier molecular flexibility index (Phi) is 7.09. The van der Waals surface area contributed by atoms with Crippen molar-refractivity contribution in [3.63, 3.8) is 0 Å². The molecule has 3 aromatic rings. The van der Waals surface area contributed by atoms with E-state index in [1.165, 1.54) is 0 Å². The van der Waals surface area contributed by atoms with E-state index in [2.05, 4.69) is 39.6 Å². The molecule has 1 heterocycles. The van der Waals surface area contributed by atoms with E-state index < -0.39 is 0 Å². The second kappa shape index (κ2) is 9.73. The first kappa shape index (κ1) is 20.4. The highest BCUT2D eigenvalue weighted by Gasteiger charge is 2.10. The van der Waals surface area contributed by atoms with E-state index in [0.29, 0.717) is 27.5 Å². The highest BCUT2D eigenvalue weighted by atomic mass is 35.5. The number of aromatic nitrogens is 2. The molecule has 28 heavy (non-hydrogen) atoms. The van der Waals surface area contributed by atoms with Crippen LogP contribution in [0.4, 0.5) is 17.5 Å². The number of hydrogen-bond acceptors (Lipinski definition) is 5. The van der Waals surface area contributed by atoms with Crippen molar-refractivity contribution in [3.05, 3.63) is 64.6 Å². The standard InChI is InChI=1S/C21H23Cl2N5/c1-28(2)13-7-12-24-21-25-18(15-8-4-3-5-9-15)14-19(27-21)26-20-16(22)10-6-11-17(20)23/h3-6,8-11,14H,7,12-13H2,1-2H3,(H2,24,25,26,27). The maximum absolute atomic E-state index is 6.30. The number of nitrogens with zero attached hydrogens (tertiary/aromatic N) is 3. The number of halogens is 2. The Morgan fingerprint density at radius 2 is 1.64 bits per heavy atom. The van der Waals surface area contributed by atoms with Crippen LogP contribution < -0.4 is 10.6 Å². The molecule has 5 nitrogen and oxygen atoms in total. The van der Waals surface area contributed by atoms with Gasteiger partial charge < -0.3 is 15.5 Å². The van der Waals surface area contributed by atoms with Gasteiger partial charge in [-0.05, 0) is 39.2 Å². The molecule has 0 fully saturated rings. The molecule has 0 radical (unpaired) electrons. The maximum atomic E-state index is 6.30. The van der Waals surface area contributed by atoms with Crippen molar-refractivity contribution in [1.29, 1.82) is 0 Å². The lowest BCUT2D eigenvalue weighted by atomic mass is 10.1. The molecular weight excluding hydrogens is 393 g/mol. The van der Waals surface area contributed by atoms with Gasteiger partial charge in [0.25, 0.3) is 0 Å².